The Morgan fingerprint density at radius 3 is 2.28 bits per heavy atom. The first-order chi connectivity index (χ1) is 16.7. The summed E-state index contributed by atoms with van der Waals surface area (Å²) in [5.74, 6) is -3.58. The Morgan fingerprint density at radius 2 is 1.64 bits per heavy atom. The van der Waals surface area contributed by atoms with Crippen LogP contribution in [0, 0.1) is 0 Å². The Labute approximate surface area is 199 Å². The molecule has 2 aromatic rings. The van der Waals surface area contributed by atoms with Gasteiger partial charge >= 0.3 is 12.4 Å². The molecule has 1 fully saturated rings. The lowest BCUT2D eigenvalue weighted by Crippen LogP contribution is -2.40. The third-order valence-corrected chi connectivity index (χ3v) is 5.42. The first kappa shape index (κ1) is 25.7. The van der Waals surface area contributed by atoms with Gasteiger partial charge in [-0.2, -0.15) is 41.3 Å². The van der Waals surface area contributed by atoms with E-state index in [1.165, 1.54) is 17.9 Å². The van der Waals surface area contributed by atoms with Crippen LogP contribution in [0.1, 0.15) is 31.9 Å². The first-order valence-corrected chi connectivity index (χ1v) is 10.8. The number of aromatic nitrogens is 4. The highest BCUT2D eigenvalue weighted by atomic mass is 19.4. The van der Waals surface area contributed by atoms with Crippen molar-refractivity contribution in [3.05, 3.63) is 35.7 Å². The first-order valence-electron chi connectivity index (χ1n) is 10.8. The van der Waals surface area contributed by atoms with E-state index in [0.717, 1.165) is 18.2 Å². The summed E-state index contributed by atoms with van der Waals surface area (Å²) in [4.78, 5) is 20.8. The van der Waals surface area contributed by atoms with E-state index in [4.69, 9.17) is 0 Å². The van der Waals surface area contributed by atoms with Crippen molar-refractivity contribution in [2.24, 2.45) is 4.99 Å². The van der Waals surface area contributed by atoms with E-state index in [2.05, 4.69) is 30.2 Å². The van der Waals surface area contributed by atoms with Crippen molar-refractivity contribution in [1.82, 2.24) is 19.9 Å². The maximum absolute atomic E-state index is 13.6. The fraction of sp³-hybridized carbons (Fsp3) is 0.476. The molecule has 1 saturated heterocycles. The smallest absolute Gasteiger partial charge is 0.340 e. The van der Waals surface area contributed by atoms with Gasteiger partial charge < -0.3 is 10.2 Å². The van der Waals surface area contributed by atoms with Crippen LogP contribution in [0.15, 0.2) is 35.0 Å². The summed E-state index contributed by atoms with van der Waals surface area (Å²) in [6, 6.07) is 2.35. The lowest BCUT2D eigenvalue weighted by molar-refractivity contribution is -0.141. The van der Waals surface area contributed by atoms with Gasteiger partial charge in [0.1, 0.15) is 17.1 Å². The topological polar surface area (TPSA) is 79.2 Å². The molecule has 0 amide bonds. The summed E-state index contributed by atoms with van der Waals surface area (Å²) in [6.45, 7) is 1.19. The number of nitrogens with one attached hydrogen (secondary N) is 1. The van der Waals surface area contributed by atoms with Gasteiger partial charge in [0.15, 0.2) is 5.82 Å². The van der Waals surface area contributed by atoms with Crippen molar-refractivity contribution in [3.8, 4) is 11.5 Å². The number of alkyl halides is 8. The van der Waals surface area contributed by atoms with Crippen LogP contribution < -0.4 is 10.2 Å². The van der Waals surface area contributed by atoms with Gasteiger partial charge in [0.25, 0.3) is 5.92 Å². The van der Waals surface area contributed by atoms with Gasteiger partial charge in [0.05, 0.1) is 6.04 Å². The fourth-order valence-corrected chi connectivity index (χ4v) is 3.68. The van der Waals surface area contributed by atoms with Gasteiger partial charge in [-0.25, -0.2) is 13.8 Å². The molecule has 1 N–H and O–H groups in total. The van der Waals surface area contributed by atoms with Crippen LogP contribution in [0.3, 0.4) is 0 Å². The molecule has 0 aromatic carbocycles. The number of halogens is 8. The van der Waals surface area contributed by atoms with E-state index < -0.39 is 48.6 Å². The Bertz CT molecular complexity index is 1180. The summed E-state index contributed by atoms with van der Waals surface area (Å²) < 4.78 is 106. The number of piperidine rings is 1. The molecule has 15 heteroatoms. The van der Waals surface area contributed by atoms with Gasteiger partial charge in [0.2, 0.25) is 11.9 Å². The molecule has 4 heterocycles. The average Bonchev–Trinajstić information content (AvgIpc) is 2.77. The van der Waals surface area contributed by atoms with E-state index >= 15 is 0 Å². The highest BCUT2D eigenvalue weighted by Gasteiger charge is 2.37. The third kappa shape index (κ3) is 6.05. The maximum Gasteiger partial charge on any atom is 0.433 e. The van der Waals surface area contributed by atoms with Crippen molar-refractivity contribution in [2.75, 3.05) is 23.3 Å². The minimum Gasteiger partial charge on any atom is -0.340 e. The van der Waals surface area contributed by atoms with Gasteiger partial charge in [-0.05, 0) is 25.1 Å². The Morgan fingerprint density at radius 1 is 0.944 bits per heavy atom. The summed E-state index contributed by atoms with van der Waals surface area (Å²) in [5, 5.41) is 2.66. The number of nitrogens with zero attached hydrogens (tertiary/aromatic N) is 6. The second-order valence-corrected chi connectivity index (χ2v) is 8.39. The van der Waals surface area contributed by atoms with Crippen LogP contribution in [0.5, 0.6) is 0 Å². The van der Waals surface area contributed by atoms with Gasteiger partial charge in [-0.15, -0.1) is 0 Å². The number of aliphatic imine (C=N–C) groups is 1. The largest absolute Gasteiger partial charge is 0.433 e. The van der Waals surface area contributed by atoms with E-state index in [0.29, 0.717) is 0 Å². The number of dihydropyridines is 1. The Hall–Kier alpha value is -3.39. The molecule has 0 bridgehead atoms. The Kier molecular flexibility index (Phi) is 6.60. The molecule has 4 rings (SSSR count). The van der Waals surface area contributed by atoms with E-state index in [1.807, 2.05) is 0 Å². The zero-order valence-corrected chi connectivity index (χ0v) is 18.6. The van der Waals surface area contributed by atoms with Crippen LogP contribution in [0.4, 0.5) is 47.0 Å². The second kappa shape index (κ2) is 9.24. The fourth-order valence-electron chi connectivity index (χ4n) is 3.68. The summed E-state index contributed by atoms with van der Waals surface area (Å²) in [6.07, 6.45) is -9.57. The van der Waals surface area contributed by atoms with Gasteiger partial charge in [-0.1, -0.05) is 6.07 Å². The number of anilines is 2. The van der Waals surface area contributed by atoms with Crippen LogP contribution in [-0.2, 0) is 6.18 Å². The number of hydrogen-bond acceptors (Lipinski definition) is 7. The zero-order chi connectivity index (χ0) is 26.3. The normalized spacial score (nSPS) is 20.6. The molecule has 1 unspecified atom stereocenters. The molecule has 0 radical (unpaired) electrons. The number of rotatable bonds is 4. The summed E-state index contributed by atoms with van der Waals surface area (Å²) >= 11 is 0. The zero-order valence-electron chi connectivity index (χ0n) is 18.6. The van der Waals surface area contributed by atoms with Crippen LogP contribution in [0.25, 0.3) is 11.5 Å². The molecule has 194 valence electrons. The molecule has 0 spiro atoms. The molecular formula is C21H19F8N7. The predicted octanol–water partition coefficient (Wildman–Crippen LogP) is 5.28. The summed E-state index contributed by atoms with van der Waals surface area (Å²) in [5.41, 5.74) is -2.53. The highest BCUT2D eigenvalue weighted by Crippen LogP contribution is 2.32. The van der Waals surface area contributed by atoms with Crippen molar-refractivity contribution in [2.45, 2.75) is 50.5 Å². The van der Waals surface area contributed by atoms with Gasteiger partial charge in [0, 0.05) is 38.0 Å². The molecular weight excluding hydrogens is 502 g/mol. The second-order valence-electron chi connectivity index (χ2n) is 8.39. The molecule has 2 aromatic heterocycles. The molecule has 36 heavy (non-hydrogen) atoms. The quantitative estimate of drug-likeness (QED) is 0.552. The van der Waals surface area contributed by atoms with E-state index in [-0.39, 0.29) is 48.6 Å². The van der Waals surface area contributed by atoms with Crippen LogP contribution in [0.2, 0.25) is 0 Å². The maximum atomic E-state index is 13.6. The monoisotopic (exact) mass is 521 g/mol. The minimum absolute atomic E-state index is 0.0649. The van der Waals surface area contributed by atoms with Gasteiger partial charge in [-0.3, -0.25) is 4.99 Å². The van der Waals surface area contributed by atoms with Crippen LogP contribution in [-0.4, -0.2) is 56.9 Å². The van der Waals surface area contributed by atoms with Crippen molar-refractivity contribution >= 4 is 17.6 Å². The standard InChI is InChI=1S/C21H19F8N7/c1-11-9-12(10-15(30-11)21(27,28)29)31-17-33-16(13-3-2-4-14(32-13)20(24,25)26)34-18(35-17)36-7-5-19(22,23)6-8-36/h2-4,10-11H,5-9H2,1H3,(H,31,33,34,35). The Balaban J connectivity index is 1.73. The van der Waals surface area contributed by atoms with Crippen molar-refractivity contribution < 1.29 is 35.1 Å². The van der Waals surface area contributed by atoms with Crippen molar-refractivity contribution in [1.29, 1.82) is 0 Å². The van der Waals surface area contributed by atoms with E-state index in [9.17, 15) is 35.1 Å². The molecule has 2 aliphatic rings. The molecule has 0 saturated carbocycles. The SMILES string of the molecule is CC1CC(Nc2nc(-c3cccc(C(F)(F)F)n3)nc(N3CCC(F)(F)CC3)n2)=CC(C(F)(F)F)=N1. The minimum atomic E-state index is -4.75. The third-order valence-electron chi connectivity index (χ3n) is 5.42. The molecule has 2 aliphatic heterocycles. The average molecular weight is 521 g/mol. The van der Waals surface area contributed by atoms with Crippen molar-refractivity contribution in [3.63, 3.8) is 0 Å². The summed E-state index contributed by atoms with van der Waals surface area (Å²) in [7, 11) is 0. The number of allylic oxidation sites excluding steroid dienone is 1. The molecule has 1 atom stereocenters. The molecule has 0 aliphatic carbocycles. The number of hydrogen-bond donors (Lipinski definition) is 1. The lowest BCUT2D eigenvalue weighted by atomic mass is 10.1. The number of pyridine rings is 1. The van der Waals surface area contributed by atoms with Crippen LogP contribution >= 0.6 is 0 Å². The molecule has 7 nitrogen and oxygen atoms in total. The lowest BCUT2D eigenvalue weighted by Gasteiger charge is -2.32. The predicted molar refractivity (Wildman–Crippen MR) is 114 cm³/mol. The van der Waals surface area contributed by atoms with E-state index in [1.54, 1.807) is 0 Å². The highest BCUT2D eigenvalue weighted by molar-refractivity contribution is 6.01.